The minimum absolute atomic E-state index is 0.0266. The third-order valence-corrected chi connectivity index (χ3v) is 3.25. The summed E-state index contributed by atoms with van der Waals surface area (Å²) in [6, 6.07) is 4.39. The van der Waals surface area contributed by atoms with Crippen LogP contribution in [-0.2, 0) is 0 Å². The van der Waals surface area contributed by atoms with E-state index in [1.165, 1.54) is 12.1 Å². The molecule has 0 aromatic heterocycles. The first-order valence-corrected chi connectivity index (χ1v) is 6.19. The second kappa shape index (κ2) is 5.36. The van der Waals surface area contributed by atoms with Crippen molar-refractivity contribution in [2.45, 2.75) is 0 Å². The Morgan fingerprint density at radius 1 is 1.62 bits per heavy atom. The number of carbonyl (C=O) groups excluding carboxylic acids is 1. The monoisotopic (exact) mass is 394 g/mol. The Bertz CT molecular complexity index is 510. The summed E-state index contributed by atoms with van der Waals surface area (Å²) in [7, 11) is 0. The highest BCUT2D eigenvalue weighted by Crippen LogP contribution is 2.26. The van der Waals surface area contributed by atoms with Gasteiger partial charge >= 0.3 is 0 Å². The van der Waals surface area contributed by atoms with Gasteiger partial charge in [0, 0.05) is 9.64 Å². The number of nitro benzene ring substituents is 1. The molecule has 0 N–H and O–H groups in total. The van der Waals surface area contributed by atoms with Gasteiger partial charge in [0.1, 0.15) is 11.6 Å². The minimum Gasteiger partial charge on any atom is -0.293 e. The summed E-state index contributed by atoms with van der Waals surface area (Å²) in [6.45, 7) is 0. The van der Waals surface area contributed by atoms with Gasteiger partial charge in [0.05, 0.1) is 15.8 Å². The van der Waals surface area contributed by atoms with Crippen molar-refractivity contribution >= 4 is 50.0 Å². The summed E-state index contributed by atoms with van der Waals surface area (Å²) in [5.41, 5.74) is -0.414. The summed E-state index contributed by atoms with van der Waals surface area (Å²) < 4.78 is 0.532. The maximum Gasteiger partial charge on any atom is 0.287 e. The molecule has 0 bridgehead atoms. The smallest absolute Gasteiger partial charge is 0.287 e. The highest BCUT2D eigenvalue weighted by Gasteiger charge is 2.23. The molecule has 0 saturated heterocycles. The van der Waals surface area contributed by atoms with E-state index in [2.05, 4.69) is 15.9 Å². The number of nitrogens with zero attached hydrogens (tertiary/aromatic N) is 2. The van der Waals surface area contributed by atoms with Gasteiger partial charge in [0.2, 0.25) is 0 Å². The third kappa shape index (κ3) is 2.38. The molecular formula is C9H4BrIN2O3. The average molecular weight is 395 g/mol. The van der Waals surface area contributed by atoms with Crippen LogP contribution in [0.2, 0.25) is 0 Å². The zero-order valence-electron chi connectivity index (χ0n) is 7.74. The molecule has 0 aliphatic rings. The summed E-state index contributed by atoms with van der Waals surface area (Å²) >= 11 is 4.85. The van der Waals surface area contributed by atoms with Gasteiger partial charge < -0.3 is 0 Å². The highest BCUT2D eigenvalue weighted by molar-refractivity contribution is 14.1. The van der Waals surface area contributed by atoms with Gasteiger partial charge in [-0.05, 0) is 28.7 Å². The van der Waals surface area contributed by atoms with E-state index < -0.39 is 4.92 Å². The van der Waals surface area contributed by atoms with Crippen LogP contribution in [-0.4, -0.2) is 16.0 Å². The van der Waals surface area contributed by atoms with Crippen LogP contribution in [0.4, 0.5) is 5.69 Å². The van der Waals surface area contributed by atoms with E-state index in [4.69, 9.17) is 5.26 Å². The normalized spacial score (nSPS) is 9.56. The molecule has 0 amide bonds. The van der Waals surface area contributed by atoms with Crippen LogP contribution in [0.1, 0.15) is 15.9 Å². The molecule has 1 rings (SSSR count). The summed E-state index contributed by atoms with van der Waals surface area (Å²) in [5, 5.41) is 19.6. The molecule has 0 fully saturated rings. The molecular weight excluding hydrogens is 391 g/mol. The molecule has 0 aliphatic heterocycles. The number of nitro groups is 1. The van der Waals surface area contributed by atoms with E-state index in [-0.39, 0.29) is 27.9 Å². The van der Waals surface area contributed by atoms with Gasteiger partial charge in [0.15, 0.2) is 5.78 Å². The van der Waals surface area contributed by atoms with E-state index in [1.807, 2.05) is 22.6 Å². The minimum atomic E-state index is -0.667. The fraction of sp³-hybridized carbons (Fsp3) is 0.111. The number of nitriles is 1. The van der Waals surface area contributed by atoms with Gasteiger partial charge in [-0.15, -0.1) is 0 Å². The average Bonchev–Trinajstić information content (AvgIpc) is 2.26. The van der Waals surface area contributed by atoms with E-state index in [9.17, 15) is 14.9 Å². The molecule has 1 aromatic carbocycles. The van der Waals surface area contributed by atoms with Crippen molar-refractivity contribution in [3.63, 3.8) is 0 Å². The Labute approximate surface area is 113 Å². The van der Waals surface area contributed by atoms with Gasteiger partial charge in [-0.1, -0.05) is 15.9 Å². The lowest BCUT2D eigenvalue weighted by molar-refractivity contribution is -0.385. The van der Waals surface area contributed by atoms with Gasteiger partial charge in [-0.25, -0.2) is 0 Å². The number of ketones is 1. The molecule has 16 heavy (non-hydrogen) atoms. The lowest BCUT2D eigenvalue weighted by Gasteiger charge is -2.04. The molecule has 0 atom stereocenters. The molecule has 1 aromatic rings. The van der Waals surface area contributed by atoms with Crippen molar-refractivity contribution < 1.29 is 9.72 Å². The van der Waals surface area contributed by atoms with Crippen LogP contribution in [0.3, 0.4) is 0 Å². The van der Waals surface area contributed by atoms with E-state index in [0.717, 1.165) is 0 Å². The van der Waals surface area contributed by atoms with E-state index in [0.29, 0.717) is 3.57 Å². The molecule has 0 aliphatic carbocycles. The first-order chi connectivity index (χ1) is 7.52. The number of hydrogen-bond acceptors (Lipinski definition) is 4. The highest BCUT2D eigenvalue weighted by atomic mass is 127. The van der Waals surface area contributed by atoms with Crippen molar-refractivity contribution in [1.82, 2.24) is 0 Å². The predicted octanol–water partition coefficient (Wildman–Crippen LogP) is 2.65. The number of benzene rings is 1. The van der Waals surface area contributed by atoms with E-state index in [1.54, 1.807) is 6.07 Å². The van der Waals surface area contributed by atoms with Crippen LogP contribution in [0.15, 0.2) is 12.1 Å². The summed E-state index contributed by atoms with van der Waals surface area (Å²) in [4.78, 5) is 21.6. The van der Waals surface area contributed by atoms with Crippen LogP contribution < -0.4 is 0 Å². The maximum atomic E-state index is 11.6. The van der Waals surface area contributed by atoms with Crippen molar-refractivity contribution in [3.8, 4) is 6.07 Å². The van der Waals surface area contributed by atoms with Gasteiger partial charge in [0.25, 0.3) is 5.69 Å². The lowest BCUT2D eigenvalue weighted by Crippen LogP contribution is -2.08. The number of hydrogen-bond donors (Lipinski definition) is 0. The van der Waals surface area contributed by atoms with Crippen LogP contribution in [0.25, 0.3) is 0 Å². The van der Waals surface area contributed by atoms with Crippen molar-refractivity contribution in [2.24, 2.45) is 0 Å². The lowest BCUT2D eigenvalue weighted by atomic mass is 10.0. The summed E-state index contributed by atoms with van der Waals surface area (Å²) in [6.07, 6.45) is 0. The van der Waals surface area contributed by atoms with Crippen molar-refractivity contribution in [2.75, 3.05) is 5.33 Å². The van der Waals surface area contributed by atoms with Crippen LogP contribution >= 0.6 is 38.5 Å². The first-order valence-electron chi connectivity index (χ1n) is 3.99. The Hall–Kier alpha value is -1.01. The summed E-state index contributed by atoms with van der Waals surface area (Å²) in [5.74, 6) is -0.343. The molecule has 0 heterocycles. The number of rotatable bonds is 3. The zero-order valence-corrected chi connectivity index (χ0v) is 11.5. The Kier molecular flexibility index (Phi) is 4.37. The largest absolute Gasteiger partial charge is 0.293 e. The molecule has 0 spiro atoms. The Morgan fingerprint density at radius 3 is 2.69 bits per heavy atom. The number of halogens is 2. The molecule has 0 radical (unpaired) electrons. The first kappa shape index (κ1) is 13.1. The fourth-order valence-corrected chi connectivity index (χ4v) is 2.20. The molecule has 0 unspecified atom stereocenters. The SMILES string of the molecule is N#Cc1c([N+](=O)[O-])ccc(I)c1C(=O)CBr. The molecule has 0 saturated carbocycles. The Balaban J connectivity index is 3.58. The topological polar surface area (TPSA) is 84.0 Å². The number of alkyl halides is 1. The van der Waals surface area contributed by atoms with Crippen molar-refractivity contribution in [1.29, 1.82) is 5.26 Å². The standard InChI is InChI=1S/C9H4BrIN2O3/c10-3-8(14)9-5(4-12)7(13(15)16)2-1-6(9)11/h1-2H,3H2. The van der Waals surface area contributed by atoms with Gasteiger partial charge in [-0.3, -0.25) is 14.9 Å². The van der Waals surface area contributed by atoms with Crippen LogP contribution in [0, 0.1) is 25.0 Å². The second-order valence-electron chi connectivity index (χ2n) is 2.74. The van der Waals surface area contributed by atoms with Crippen LogP contribution in [0.5, 0.6) is 0 Å². The predicted molar refractivity (Wildman–Crippen MR) is 68.7 cm³/mol. The Morgan fingerprint density at radius 2 is 2.25 bits per heavy atom. The number of Topliss-reactive ketones (excluding diaryl/α,β-unsaturated/α-hetero) is 1. The van der Waals surface area contributed by atoms with E-state index >= 15 is 0 Å². The molecule has 7 heteroatoms. The zero-order chi connectivity index (χ0) is 12.3. The molecule has 82 valence electrons. The van der Waals surface area contributed by atoms with Gasteiger partial charge in [-0.2, -0.15) is 5.26 Å². The molecule has 5 nitrogen and oxygen atoms in total. The fourth-order valence-electron chi connectivity index (χ4n) is 1.17. The third-order valence-electron chi connectivity index (χ3n) is 1.84. The maximum absolute atomic E-state index is 11.6. The number of carbonyl (C=O) groups is 1. The second-order valence-corrected chi connectivity index (χ2v) is 4.47. The quantitative estimate of drug-likeness (QED) is 0.259. The van der Waals surface area contributed by atoms with Crippen molar-refractivity contribution in [3.05, 3.63) is 36.9 Å².